The maximum atomic E-state index is 5.42. The molecular weight excluding hydrogens is 336 g/mol. The van der Waals surface area contributed by atoms with Crippen molar-refractivity contribution in [1.82, 2.24) is 9.55 Å². The van der Waals surface area contributed by atoms with Crippen LogP contribution in [0, 0.1) is 12.5 Å². The molecule has 0 unspecified atom stereocenters. The van der Waals surface area contributed by atoms with E-state index in [1.165, 1.54) is 11.1 Å². The van der Waals surface area contributed by atoms with Crippen molar-refractivity contribution >= 4 is 11.0 Å². The maximum Gasteiger partial charge on any atom is 0.161 e. The van der Waals surface area contributed by atoms with Crippen LogP contribution in [0.3, 0.4) is 0 Å². The van der Waals surface area contributed by atoms with E-state index in [9.17, 15) is 0 Å². The quantitative estimate of drug-likeness (QED) is 0.436. The Labute approximate surface area is 158 Å². The molecule has 0 N–H and O–H groups in total. The average Bonchev–Trinajstić information content (AvgIpc) is 3.13. The van der Waals surface area contributed by atoms with Crippen molar-refractivity contribution in [1.29, 1.82) is 0 Å². The summed E-state index contributed by atoms with van der Waals surface area (Å²) in [6.45, 7) is 0. The fourth-order valence-electron chi connectivity index (χ4n) is 2.98. The molecular formula is C23H18N2O2. The minimum atomic E-state index is 0.691. The minimum absolute atomic E-state index is 0.691. The first kappa shape index (κ1) is 16.7. The van der Waals surface area contributed by atoms with Crippen molar-refractivity contribution in [2.24, 2.45) is 0 Å². The van der Waals surface area contributed by atoms with E-state index in [-0.39, 0.29) is 0 Å². The summed E-state index contributed by atoms with van der Waals surface area (Å²) in [5, 5.41) is 1.00. The molecule has 2 heterocycles. The smallest absolute Gasteiger partial charge is 0.161 e. The predicted molar refractivity (Wildman–Crippen MR) is 108 cm³/mol. The zero-order chi connectivity index (χ0) is 18.8. The largest absolute Gasteiger partial charge is 0.493 e. The third-order valence-corrected chi connectivity index (χ3v) is 4.50. The second-order valence-corrected chi connectivity index (χ2v) is 6.10. The summed E-state index contributed by atoms with van der Waals surface area (Å²) in [6.07, 6.45) is 9.05. The molecule has 0 spiro atoms. The van der Waals surface area contributed by atoms with Crippen LogP contribution in [-0.2, 0) is 0 Å². The van der Waals surface area contributed by atoms with E-state index >= 15 is 0 Å². The Bertz CT molecular complexity index is 1150. The Morgan fingerprint density at radius 2 is 1.59 bits per heavy atom. The lowest BCUT2D eigenvalue weighted by molar-refractivity contribution is 0.355. The molecule has 2 aliphatic rings. The van der Waals surface area contributed by atoms with Crippen LogP contribution in [-0.4, -0.2) is 23.8 Å². The van der Waals surface area contributed by atoms with Crippen molar-refractivity contribution < 1.29 is 9.47 Å². The number of aromatic nitrogens is 2. The van der Waals surface area contributed by atoms with Gasteiger partial charge in [0.15, 0.2) is 17.1 Å². The number of methoxy groups -OCH3 is 2. The molecule has 4 nitrogen and oxygen atoms in total. The monoisotopic (exact) mass is 354 g/mol. The molecule has 3 aromatic rings. The lowest BCUT2D eigenvalue weighted by atomic mass is 10.1. The molecule has 132 valence electrons. The fraction of sp³-hybridized carbons (Fsp3) is 0.0870. The van der Waals surface area contributed by atoms with Gasteiger partial charge in [-0.15, -0.1) is 0 Å². The molecule has 2 aliphatic carbocycles. The van der Waals surface area contributed by atoms with Gasteiger partial charge in [-0.25, -0.2) is 4.98 Å². The molecule has 0 radical (unpaired) electrons. The van der Waals surface area contributed by atoms with Crippen LogP contribution >= 0.6 is 0 Å². The normalized spacial score (nSPS) is 10.6. The molecule has 0 fully saturated rings. The molecule has 27 heavy (non-hydrogen) atoms. The van der Waals surface area contributed by atoms with Gasteiger partial charge in [0.2, 0.25) is 0 Å². The standard InChI is InChI=1S/C17H14N2O2.C6H4/c1-4-19-8-7-13-9-14(11-18-17(13)19)12-5-6-15(20-2)16(10-12)21-3;1-2-5-4-6(5)3-1/h1,5-11H,2-3H3;1-4H. The number of hydrogen-bond acceptors (Lipinski definition) is 3. The van der Waals surface area contributed by atoms with Crippen LogP contribution in [0.2, 0.25) is 0 Å². The summed E-state index contributed by atoms with van der Waals surface area (Å²) in [5.74, 6) is 1.39. The lowest BCUT2D eigenvalue weighted by Gasteiger charge is -2.09. The Morgan fingerprint density at radius 1 is 0.852 bits per heavy atom. The summed E-state index contributed by atoms with van der Waals surface area (Å²) >= 11 is 0. The minimum Gasteiger partial charge on any atom is -0.493 e. The topological polar surface area (TPSA) is 36.3 Å². The highest BCUT2D eigenvalue weighted by Gasteiger charge is 2.09. The highest BCUT2D eigenvalue weighted by atomic mass is 16.5. The number of fused-ring (bicyclic) bond motifs is 2. The Hall–Kier alpha value is -3.71. The number of hydrogen-bond donors (Lipinski definition) is 0. The zero-order valence-corrected chi connectivity index (χ0v) is 15.1. The van der Waals surface area contributed by atoms with Gasteiger partial charge in [-0.3, -0.25) is 4.57 Å². The van der Waals surface area contributed by atoms with Gasteiger partial charge in [-0.1, -0.05) is 30.7 Å². The first-order chi connectivity index (χ1) is 13.2. The van der Waals surface area contributed by atoms with Gasteiger partial charge in [0, 0.05) is 29.4 Å². The SMILES string of the molecule is C#Cn1ccc2cc(-c3ccc(OC)c(OC)c3)cnc21.c1cc2cc-2c1. The van der Waals surface area contributed by atoms with Gasteiger partial charge in [0.25, 0.3) is 0 Å². The van der Waals surface area contributed by atoms with Crippen LogP contribution in [0.15, 0.2) is 67.0 Å². The number of terminal acetylenes is 1. The van der Waals surface area contributed by atoms with Crippen LogP contribution < -0.4 is 9.47 Å². The number of ether oxygens (including phenoxy) is 2. The van der Waals surface area contributed by atoms with Crippen molar-refractivity contribution in [3.05, 3.63) is 67.0 Å². The molecule has 0 atom stereocenters. The fourth-order valence-corrected chi connectivity index (χ4v) is 2.98. The van der Waals surface area contributed by atoms with E-state index in [1.807, 2.05) is 30.5 Å². The van der Waals surface area contributed by atoms with Gasteiger partial charge in [-0.2, -0.15) is 0 Å². The molecule has 0 amide bonds. The molecule has 4 heteroatoms. The van der Waals surface area contributed by atoms with Gasteiger partial charge in [0.05, 0.1) is 14.2 Å². The molecule has 2 aromatic heterocycles. The average molecular weight is 354 g/mol. The number of pyridine rings is 1. The highest BCUT2D eigenvalue weighted by Crippen LogP contribution is 2.33. The van der Waals surface area contributed by atoms with Crippen molar-refractivity contribution in [3.63, 3.8) is 0 Å². The van der Waals surface area contributed by atoms with Crippen molar-refractivity contribution in [3.8, 4) is 46.2 Å². The van der Waals surface area contributed by atoms with Crippen LogP contribution in [0.1, 0.15) is 0 Å². The van der Waals surface area contributed by atoms with Crippen LogP contribution in [0.4, 0.5) is 0 Å². The first-order valence-corrected chi connectivity index (χ1v) is 8.50. The predicted octanol–water partition coefficient (Wildman–Crippen LogP) is 4.83. The summed E-state index contributed by atoms with van der Waals surface area (Å²) in [5.41, 5.74) is 5.64. The maximum absolute atomic E-state index is 5.42. The Balaban J connectivity index is 0.000000250. The van der Waals surface area contributed by atoms with E-state index in [1.54, 1.807) is 25.0 Å². The molecule has 5 rings (SSSR count). The number of benzene rings is 2. The van der Waals surface area contributed by atoms with Gasteiger partial charge in [0.1, 0.15) is 0 Å². The molecule has 0 saturated heterocycles. The summed E-state index contributed by atoms with van der Waals surface area (Å²) in [7, 11) is 3.24. The summed E-state index contributed by atoms with van der Waals surface area (Å²) < 4.78 is 12.2. The lowest BCUT2D eigenvalue weighted by Crippen LogP contribution is -1.92. The summed E-state index contributed by atoms with van der Waals surface area (Å²) in [6, 6.07) is 20.8. The number of rotatable bonds is 3. The van der Waals surface area contributed by atoms with Gasteiger partial charge >= 0.3 is 0 Å². The Kier molecular flexibility index (Phi) is 4.27. The molecule has 0 bridgehead atoms. The third-order valence-electron chi connectivity index (χ3n) is 4.50. The Morgan fingerprint density at radius 3 is 2.19 bits per heavy atom. The van der Waals surface area contributed by atoms with Crippen LogP contribution in [0.5, 0.6) is 11.5 Å². The van der Waals surface area contributed by atoms with Crippen molar-refractivity contribution in [2.45, 2.75) is 0 Å². The molecule has 1 aromatic carbocycles. The zero-order valence-electron chi connectivity index (χ0n) is 15.1. The van der Waals surface area contributed by atoms with E-state index < -0.39 is 0 Å². The third kappa shape index (κ3) is 3.23. The van der Waals surface area contributed by atoms with Gasteiger partial charge < -0.3 is 9.47 Å². The van der Waals surface area contributed by atoms with E-state index in [2.05, 4.69) is 41.4 Å². The molecule has 0 aliphatic heterocycles. The summed E-state index contributed by atoms with van der Waals surface area (Å²) in [4.78, 5) is 4.43. The van der Waals surface area contributed by atoms with Gasteiger partial charge in [-0.05, 0) is 47.0 Å². The van der Waals surface area contributed by atoms with E-state index in [4.69, 9.17) is 15.9 Å². The second-order valence-electron chi connectivity index (χ2n) is 6.10. The van der Waals surface area contributed by atoms with Crippen LogP contribution in [0.25, 0.3) is 33.3 Å². The first-order valence-electron chi connectivity index (χ1n) is 8.50. The number of nitrogens with zero attached hydrogens (tertiary/aromatic N) is 2. The van der Waals surface area contributed by atoms with Crippen molar-refractivity contribution in [2.75, 3.05) is 14.2 Å². The second kappa shape index (κ2) is 6.89. The van der Waals surface area contributed by atoms with E-state index in [0.717, 1.165) is 22.2 Å². The van der Waals surface area contributed by atoms with E-state index in [0.29, 0.717) is 11.5 Å². The molecule has 0 saturated carbocycles. The highest BCUT2D eigenvalue weighted by molar-refractivity contribution is 5.83.